The smallest absolute Gasteiger partial charge is 0.254 e. The molecule has 0 unspecified atom stereocenters. The number of likely N-dealkylation sites (tertiary alicyclic amines) is 1. The molecule has 1 aliphatic rings. The quantitative estimate of drug-likeness (QED) is 0.683. The normalized spacial score (nSPS) is 15.2. The second-order valence-corrected chi connectivity index (χ2v) is 9.56. The zero-order chi connectivity index (χ0) is 21.9. The number of benzene rings is 1. The van der Waals surface area contributed by atoms with Crippen LogP contribution in [0, 0.1) is 0 Å². The number of nitrogens with zero attached hydrogens (tertiary/aromatic N) is 3. The first-order valence-electron chi connectivity index (χ1n) is 10.4. The molecule has 0 atom stereocenters. The zero-order valence-electron chi connectivity index (χ0n) is 17.8. The summed E-state index contributed by atoms with van der Waals surface area (Å²) in [6.45, 7) is 7.69. The van der Waals surface area contributed by atoms with E-state index in [9.17, 15) is 18.0 Å². The molecule has 164 valence electrons. The van der Waals surface area contributed by atoms with E-state index in [-0.39, 0.29) is 16.4 Å². The van der Waals surface area contributed by atoms with E-state index in [4.69, 9.17) is 0 Å². The number of hydrogen-bond donors (Lipinski definition) is 1. The number of likely N-dealkylation sites (N-methyl/N-ethyl adjacent to an activating group) is 1. The Morgan fingerprint density at radius 1 is 1.13 bits per heavy atom. The molecule has 1 aliphatic heterocycles. The van der Waals surface area contributed by atoms with Crippen molar-refractivity contribution in [3.63, 3.8) is 0 Å². The van der Waals surface area contributed by atoms with Gasteiger partial charge in [0.1, 0.15) is 0 Å². The highest BCUT2D eigenvalue weighted by Gasteiger charge is 2.24. The van der Waals surface area contributed by atoms with Gasteiger partial charge in [-0.25, -0.2) is 8.42 Å². The number of rotatable bonds is 8. The van der Waals surface area contributed by atoms with Gasteiger partial charge in [-0.05, 0) is 44.1 Å². The summed E-state index contributed by atoms with van der Waals surface area (Å²) in [6, 6.07) is 5.76. The van der Waals surface area contributed by atoms with Crippen LogP contribution in [0.25, 0.3) is 10.9 Å². The largest absolute Gasteiger partial charge is 0.340 e. The molecule has 1 aromatic carbocycles. The number of pyridine rings is 1. The van der Waals surface area contributed by atoms with E-state index in [0.29, 0.717) is 30.5 Å². The summed E-state index contributed by atoms with van der Waals surface area (Å²) in [7, 11) is -1.97. The van der Waals surface area contributed by atoms with E-state index in [0.717, 1.165) is 19.6 Å². The molecule has 8 nitrogen and oxygen atoms in total. The van der Waals surface area contributed by atoms with Crippen LogP contribution in [-0.4, -0.2) is 79.7 Å². The molecule has 0 saturated carbocycles. The molecule has 2 heterocycles. The van der Waals surface area contributed by atoms with Crippen LogP contribution in [0.2, 0.25) is 0 Å². The predicted octanol–water partition coefficient (Wildman–Crippen LogP) is 1.73. The predicted molar refractivity (Wildman–Crippen MR) is 117 cm³/mol. The highest BCUT2D eigenvalue weighted by atomic mass is 32.2. The number of carbonyl (C=O) groups is 1. The maximum Gasteiger partial charge on any atom is 0.254 e. The molecule has 9 heteroatoms. The van der Waals surface area contributed by atoms with Crippen LogP contribution in [-0.2, 0) is 10.0 Å². The Balaban J connectivity index is 1.96. The minimum absolute atomic E-state index is 0.111. The van der Waals surface area contributed by atoms with Crippen molar-refractivity contribution in [2.45, 2.75) is 31.6 Å². The molecule has 1 saturated heterocycles. The van der Waals surface area contributed by atoms with Gasteiger partial charge in [0.25, 0.3) is 5.91 Å². The number of sulfonamides is 1. The van der Waals surface area contributed by atoms with E-state index in [2.05, 4.69) is 9.88 Å². The number of aromatic nitrogens is 1. The van der Waals surface area contributed by atoms with Crippen molar-refractivity contribution in [3.8, 4) is 0 Å². The molecule has 0 aliphatic carbocycles. The van der Waals surface area contributed by atoms with Gasteiger partial charge in [0.15, 0.2) is 0 Å². The average molecular weight is 435 g/mol. The monoisotopic (exact) mass is 434 g/mol. The van der Waals surface area contributed by atoms with Crippen molar-refractivity contribution in [2.75, 3.05) is 46.3 Å². The summed E-state index contributed by atoms with van der Waals surface area (Å²) in [5.74, 6) is -0.289. The van der Waals surface area contributed by atoms with E-state index < -0.39 is 15.6 Å². The third kappa shape index (κ3) is 4.58. The third-order valence-corrected chi connectivity index (χ3v) is 7.73. The maximum atomic E-state index is 13.1. The van der Waals surface area contributed by atoms with Crippen molar-refractivity contribution in [1.82, 2.24) is 19.1 Å². The molecule has 0 spiro atoms. The topological polar surface area (TPSA) is 93.8 Å². The molecule has 1 amide bonds. The summed E-state index contributed by atoms with van der Waals surface area (Å²) in [5.41, 5.74) is 0.268. The SMILES string of the molecule is CCN(CC)S(=O)(=O)c1ccc2[nH]c(=O)cc(C(=O)N(C)CCN3CCCC3)c2c1. The highest BCUT2D eigenvalue weighted by Crippen LogP contribution is 2.23. The molecule has 1 fully saturated rings. The molecular weight excluding hydrogens is 404 g/mol. The van der Waals surface area contributed by atoms with Gasteiger partial charge in [0.2, 0.25) is 15.6 Å². The number of carbonyl (C=O) groups excluding carboxylic acids is 1. The van der Waals surface area contributed by atoms with Gasteiger partial charge in [-0.1, -0.05) is 13.8 Å². The highest BCUT2D eigenvalue weighted by molar-refractivity contribution is 7.89. The maximum absolute atomic E-state index is 13.1. The average Bonchev–Trinajstić information content (AvgIpc) is 3.24. The van der Waals surface area contributed by atoms with Crippen molar-refractivity contribution >= 4 is 26.8 Å². The first kappa shape index (κ1) is 22.5. The van der Waals surface area contributed by atoms with Crippen molar-refractivity contribution < 1.29 is 13.2 Å². The van der Waals surface area contributed by atoms with E-state index in [1.165, 1.54) is 35.3 Å². The zero-order valence-corrected chi connectivity index (χ0v) is 18.7. The van der Waals surface area contributed by atoms with Crippen molar-refractivity contribution in [3.05, 3.63) is 40.2 Å². The molecule has 2 aromatic rings. The summed E-state index contributed by atoms with van der Waals surface area (Å²) in [4.78, 5) is 32.0. The molecule has 0 bridgehead atoms. The number of aromatic amines is 1. The van der Waals surface area contributed by atoms with Crippen LogP contribution in [0.5, 0.6) is 0 Å². The Hall–Kier alpha value is -2.23. The van der Waals surface area contributed by atoms with E-state index in [1.54, 1.807) is 31.9 Å². The lowest BCUT2D eigenvalue weighted by Crippen LogP contribution is -2.35. The minimum atomic E-state index is -3.68. The van der Waals surface area contributed by atoms with Gasteiger partial charge in [-0.3, -0.25) is 9.59 Å². The number of H-pyrrole nitrogens is 1. The third-order valence-electron chi connectivity index (χ3n) is 5.69. The summed E-state index contributed by atoms with van der Waals surface area (Å²) in [5, 5.41) is 0.431. The Morgan fingerprint density at radius 2 is 1.80 bits per heavy atom. The molecule has 30 heavy (non-hydrogen) atoms. The molecule has 1 N–H and O–H groups in total. The molecular formula is C21H30N4O4S. The van der Waals surface area contributed by atoms with E-state index in [1.807, 2.05) is 0 Å². The van der Waals surface area contributed by atoms with Gasteiger partial charge in [0.05, 0.1) is 10.5 Å². The van der Waals surface area contributed by atoms with Gasteiger partial charge in [-0.15, -0.1) is 0 Å². The van der Waals surface area contributed by atoms with Crippen LogP contribution in [0.15, 0.2) is 34.0 Å². The van der Waals surface area contributed by atoms with Crippen LogP contribution < -0.4 is 5.56 Å². The number of fused-ring (bicyclic) bond motifs is 1. The van der Waals surface area contributed by atoms with E-state index >= 15 is 0 Å². The first-order valence-corrected chi connectivity index (χ1v) is 11.9. The fraction of sp³-hybridized carbons (Fsp3) is 0.524. The lowest BCUT2D eigenvalue weighted by atomic mass is 10.1. The minimum Gasteiger partial charge on any atom is -0.340 e. The van der Waals surface area contributed by atoms with Crippen LogP contribution in [0.4, 0.5) is 0 Å². The molecule has 3 rings (SSSR count). The summed E-state index contributed by atoms with van der Waals surface area (Å²) < 4.78 is 27.2. The second-order valence-electron chi connectivity index (χ2n) is 7.62. The van der Waals surface area contributed by atoms with Crippen LogP contribution in [0.3, 0.4) is 0 Å². The standard InChI is InChI=1S/C21H30N4O4S/c1-4-25(5-2)30(28,29)16-8-9-19-17(14-16)18(15-20(26)22-19)21(27)23(3)12-13-24-10-6-7-11-24/h8-9,14-15H,4-7,10-13H2,1-3H3,(H,22,26). The van der Waals surface area contributed by atoms with Crippen LogP contribution in [0.1, 0.15) is 37.0 Å². The Morgan fingerprint density at radius 3 is 2.43 bits per heavy atom. The Kier molecular flexibility index (Phi) is 6.95. The Bertz CT molecular complexity index is 1070. The van der Waals surface area contributed by atoms with Gasteiger partial charge in [-0.2, -0.15) is 4.31 Å². The van der Waals surface area contributed by atoms with Gasteiger partial charge in [0, 0.05) is 50.2 Å². The number of nitrogens with one attached hydrogen (secondary N) is 1. The summed E-state index contributed by atoms with van der Waals surface area (Å²) >= 11 is 0. The molecule has 0 radical (unpaired) electrons. The molecule has 1 aromatic heterocycles. The van der Waals surface area contributed by atoms with Gasteiger partial charge >= 0.3 is 0 Å². The fourth-order valence-electron chi connectivity index (χ4n) is 3.89. The summed E-state index contributed by atoms with van der Waals surface area (Å²) in [6.07, 6.45) is 2.36. The lowest BCUT2D eigenvalue weighted by molar-refractivity contribution is 0.0784. The fourth-order valence-corrected chi connectivity index (χ4v) is 5.37. The lowest BCUT2D eigenvalue weighted by Gasteiger charge is -2.22. The Labute approximate surface area is 177 Å². The number of amides is 1. The number of hydrogen-bond acceptors (Lipinski definition) is 5. The van der Waals surface area contributed by atoms with Crippen molar-refractivity contribution in [1.29, 1.82) is 0 Å². The van der Waals surface area contributed by atoms with Gasteiger partial charge < -0.3 is 14.8 Å². The van der Waals surface area contributed by atoms with Crippen molar-refractivity contribution in [2.24, 2.45) is 0 Å². The first-order chi connectivity index (χ1) is 14.3. The second kappa shape index (κ2) is 9.28. The van der Waals surface area contributed by atoms with Crippen LogP contribution >= 0.6 is 0 Å².